The first-order valence-corrected chi connectivity index (χ1v) is 8.13. The maximum absolute atomic E-state index is 2.40. The number of hydrogen-bond donors (Lipinski definition) is 0. The molecule has 0 heteroatoms. The highest BCUT2D eigenvalue weighted by molar-refractivity contribution is 5.68. The van der Waals surface area contributed by atoms with Crippen LogP contribution in [0.1, 0.15) is 22.3 Å². The zero-order chi connectivity index (χ0) is 14.8. The lowest BCUT2D eigenvalue weighted by atomic mass is 9.90. The van der Waals surface area contributed by atoms with Crippen molar-refractivity contribution in [3.05, 3.63) is 95.1 Å². The quantitative estimate of drug-likeness (QED) is 0.573. The van der Waals surface area contributed by atoms with Gasteiger partial charge in [-0.05, 0) is 59.1 Å². The second kappa shape index (κ2) is 5.81. The third-order valence-electron chi connectivity index (χ3n) is 4.67. The van der Waals surface area contributed by atoms with E-state index < -0.39 is 0 Å². The average molecular weight is 284 g/mol. The van der Waals surface area contributed by atoms with E-state index in [9.17, 15) is 0 Å². The van der Waals surface area contributed by atoms with Gasteiger partial charge in [0, 0.05) is 0 Å². The molecule has 0 saturated carbocycles. The molecule has 3 aromatic rings. The van der Waals surface area contributed by atoms with Gasteiger partial charge in [-0.1, -0.05) is 72.8 Å². The maximum Gasteiger partial charge on any atom is -0.0149 e. The van der Waals surface area contributed by atoms with Gasteiger partial charge >= 0.3 is 0 Å². The molecule has 0 nitrogen and oxygen atoms in total. The molecule has 0 radical (unpaired) electrons. The molecule has 0 heterocycles. The Labute approximate surface area is 132 Å². The van der Waals surface area contributed by atoms with Crippen molar-refractivity contribution in [2.75, 3.05) is 0 Å². The van der Waals surface area contributed by atoms with E-state index in [1.54, 1.807) is 0 Å². The van der Waals surface area contributed by atoms with E-state index in [1.807, 2.05) is 0 Å². The molecule has 4 aliphatic rings. The minimum Gasteiger partial charge on any atom is -0.0622 e. The zero-order valence-electron chi connectivity index (χ0n) is 12.8. The Kier molecular flexibility index (Phi) is 3.52. The third-order valence-corrected chi connectivity index (χ3v) is 4.67. The van der Waals surface area contributed by atoms with Crippen LogP contribution in [0, 0.1) is 0 Å². The monoisotopic (exact) mass is 284 g/mol. The fourth-order valence-corrected chi connectivity index (χ4v) is 3.32. The van der Waals surface area contributed by atoms with Gasteiger partial charge in [-0.15, -0.1) is 0 Å². The highest BCUT2D eigenvalue weighted by Crippen LogP contribution is 2.27. The lowest BCUT2D eigenvalue weighted by molar-refractivity contribution is 0.923. The van der Waals surface area contributed by atoms with Crippen LogP contribution in [0.2, 0.25) is 0 Å². The molecular weight excluding hydrogens is 264 g/mol. The Hall–Kier alpha value is -2.34. The van der Waals surface area contributed by atoms with Crippen molar-refractivity contribution in [2.24, 2.45) is 0 Å². The predicted molar refractivity (Wildman–Crippen MR) is 93.1 cm³/mol. The van der Waals surface area contributed by atoms with Gasteiger partial charge in [0.05, 0.1) is 0 Å². The van der Waals surface area contributed by atoms with Gasteiger partial charge < -0.3 is 0 Å². The van der Waals surface area contributed by atoms with E-state index in [0.717, 1.165) is 25.7 Å². The van der Waals surface area contributed by atoms with Crippen LogP contribution in [0.25, 0.3) is 11.1 Å². The fourth-order valence-electron chi connectivity index (χ4n) is 3.32. The van der Waals surface area contributed by atoms with Crippen LogP contribution >= 0.6 is 0 Å². The molecule has 0 aromatic heterocycles. The topological polar surface area (TPSA) is 0 Å². The Balaban J connectivity index is 1.79. The predicted octanol–water partition coefficient (Wildman–Crippen LogP) is 5.24. The maximum atomic E-state index is 2.40. The lowest BCUT2D eigenvalue weighted by Gasteiger charge is -2.14. The largest absolute Gasteiger partial charge is 0.0622 e. The van der Waals surface area contributed by atoms with Crippen LogP contribution in [0.5, 0.6) is 0 Å². The number of benzene rings is 3. The van der Waals surface area contributed by atoms with E-state index in [1.165, 1.54) is 33.4 Å². The van der Waals surface area contributed by atoms with Gasteiger partial charge in [-0.25, -0.2) is 0 Å². The van der Waals surface area contributed by atoms with Crippen molar-refractivity contribution in [1.82, 2.24) is 0 Å². The second-order valence-electron chi connectivity index (χ2n) is 6.17. The van der Waals surface area contributed by atoms with Gasteiger partial charge in [0.2, 0.25) is 0 Å². The van der Waals surface area contributed by atoms with Crippen LogP contribution in [0.15, 0.2) is 72.8 Å². The minimum atomic E-state index is 1.10. The zero-order valence-corrected chi connectivity index (χ0v) is 12.8. The first-order valence-electron chi connectivity index (χ1n) is 8.13. The van der Waals surface area contributed by atoms with E-state index in [0.29, 0.717) is 0 Å². The molecule has 4 bridgehead atoms. The number of hydrogen-bond acceptors (Lipinski definition) is 0. The van der Waals surface area contributed by atoms with Gasteiger partial charge in [0.15, 0.2) is 0 Å². The van der Waals surface area contributed by atoms with Crippen molar-refractivity contribution in [3.63, 3.8) is 0 Å². The van der Waals surface area contributed by atoms with Crippen LogP contribution in [0.4, 0.5) is 0 Å². The SMILES string of the molecule is c1ccc(-c2cc3ccc2CCc2ccc(cc2)CC3)cc1. The normalized spacial score (nSPS) is 13.6. The highest BCUT2D eigenvalue weighted by Gasteiger charge is 2.09. The molecule has 0 unspecified atom stereocenters. The molecule has 0 atom stereocenters. The molecule has 0 aliphatic heterocycles. The summed E-state index contributed by atoms with van der Waals surface area (Å²) < 4.78 is 0. The van der Waals surface area contributed by atoms with Crippen LogP contribution in [0.3, 0.4) is 0 Å². The molecule has 108 valence electrons. The smallest absolute Gasteiger partial charge is 0.0149 e. The Morgan fingerprint density at radius 1 is 0.500 bits per heavy atom. The van der Waals surface area contributed by atoms with E-state index in [2.05, 4.69) is 72.8 Å². The summed E-state index contributed by atoms with van der Waals surface area (Å²) in [6, 6.07) is 27.0. The molecule has 0 amide bonds. The molecular formula is C22H20. The Bertz CT molecular complexity index is 767. The molecule has 7 rings (SSSR count). The summed E-state index contributed by atoms with van der Waals surface area (Å²) >= 11 is 0. The standard InChI is InChI=1S/C22H20/c1-2-4-20(5-3-1)22-16-19-11-10-17-6-8-18(9-7-17)12-14-21(22)15-13-19/h1-9,13,15-16H,10-12,14H2. The van der Waals surface area contributed by atoms with Gasteiger partial charge in [-0.2, -0.15) is 0 Å². The fraction of sp³-hybridized carbons (Fsp3) is 0.182. The van der Waals surface area contributed by atoms with Crippen molar-refractivity contribution in [3.8, 4) is 11.1 Å². The van der Waals surface area contributed by atoms with Crippen molar-refractivity contribution >= 4 is 0 Å². The summed E-state index contributed by atoms with van der Waals surface area (Å²) in [5.41, 5.74) is 8.52. The third kappa shape index (κ3) is 2.69. The number of rotatable bonds is 1. The molecule has 0 saturated heterocycles. The minimum absolute atomic E-state index is 1.10. The van der Waals surface area contributed by atoms with Gasteiger partial charge in [0.25, 0.3) is 0 Å². The average Bonchev–Trinajstić information content (AvgIpc) is 2.58. The van der Waals surface area contributed by atoms with Crippen molar-refractivity contribution < 1.29 is 0 Å². The molecule has 4 aliphatic carbocycles. The summed E-state index contributed by atoms with van der Waals surface area (Å²) in [5.74, 6) is 0. The Morgan fingerprint density at radius 2 is 1.09 bits per heavy atom. The second-order valence-corrected chi connectivity index (χ2v) is 6.17. The van der Waals surface area contributed by atoms with Crippen LogP contribution in [-0.4, -0.2) is 0 Å². The van der Waals surface area contributed by atoms with Gasteiger partial charge in [-0.3, -0.25) is 0 Å². The van der Waals surface area contributed by atoms with Crippen molar-refractivity contribution in [2.45, 2.75) is 25.7 Å². The molecule has 0 N–H and O–H groups in total. The van der Waals surface area contributed by atoms with Crippen LogP contribution in [-0.2, 0) is 25.7 Å². The number of aryl methyl sites for hydroxylation is 4. The molecule has 22 heavy (non-hydrogen) atoms. The summed E-state index contributed by atoms with van der Waals surface area (Å²) in [6.07, 6.45) is 4.44. The van der Waals surface area contributed by atoms with Crippen LogP contribution < -0.4 is 0 Å². The molecule has 0 spiro atoms. The summed E-state index contributed by atoms with van der Waals surface area (Å²) in [5, 5.41) is 0. The lowest BCUT2D eigenvalue weighted by Crippen LogP contribution is -2.00. The first kappa shape index (κ1) is 13.3. The highest BCUT2D eigenvalue weighted by atomic mass is 14.1. The first-order chi connectivity index (χ1) is 10.9. The molecule has 3 aromatic carbocycles. The molecule has 0 fully saturated rings. The van der Waals surface area contributed by atoms with Crippen molar-refractivity contribution in [1.29, 1.82) is 0 Å². The van der Waals surface area contributed by atoms with Gasteiger partial charge in [0.1, 0.15) is 0 Å². The van der Waals surface area contributed by atoms with E-state index in [-0.39, 0.29) is 0 Å². The van der Waals surface area contributed by atoms with E-state index >= 15 is 0 Å². The Morgan fingerprint density at radius 3 is 1.82 bits per heavy atom. The van der Waals surface area contributed by atoms with E-state index in [4.69, 9.17) is 0 Å². The summed E-state index contributed by atoms with van der Waals surface area (Å²) in [4.78, 5) is 0. The summed E-state index contributed by atoms with van der Waals surface area (Å²) in [6.45, 7) is 0. The summed E-state index contributed by atoms with van der Waals surface area (Å²) in [7, 11) is 0.